The number of imidazole rings is 1. The van der Waals surface area contributed by atoms with E-state index in [1.165, 1.54) is 13.2 Å². The van der Waals surface area contributed by atoms with E-state index in [-0.39, 0.29) is 11.9 Å². The minimum Gasteiger partial charge on any atom is -0.465 e. The van der Waals surface area contributed by atoms with Gasteiger partial charge in [-0.15, -0.1) is 0 Å². The largest absolute Gasteiger partial charge is 0.465 e. The second-order valence-corrected chi connectivity index (χ2v) is 6.39. The number of nitrogens with one attached hydrogen (secondary N) is 1. The number of esters is 1. The Morgan fingerprint density at radius 2 is 1.89 bits per heavy atom. The van der Waals surface area contributed by atoms with Crippen molar-refractivity contribution in [2.45, 2.75) is 19.9 Å². The summed E-state index contributed by atoms with van der Waals surface area (Å²) in [5, 5.41) is 2.89. The van der Waals surface area contributed by atoms with E-state index in [1.54, 1.807) is 30.3 Å². The number of amides is 1. The lowest BCUT2D eigenvalue weighted by Gasteiger charge is -2.07. The molecule has 3 rings (SSSR count). The minimum absolute atomic E-state index is 0.149. The molecule has 1 amide bonds. The third kappa shape index (κ3) is 4.65. The van der Waals surface area contributed by atoms with Gasteiger partial charge in [-0.1, -0.05) is 24.3 Å². The molecule has 1 N–H and O–H groups in total. The zero-order valence-corrected chi connectivity index (χ0v) is 16.0. The Hall–Kier alpha value is -3.41. The number of hydrogen-bond acceptors (Lipinski definition) is 4. The van der Waals surface area contributed by atoms with E-state index in [9.17, 15) is 9.59 Å². The molecule has 0 aliphatic rings. The fraction of sp³-hybridized carbons (Fsp3) is 0.227. The third-order valence-electron chi connectivity index (χ3n) is 4.46. The number of carbonyl (C=O) groups excluding carboxylic acids is 2. The molecule has 3 aromatic rings. The number of aromatic nitrogens is 2. The van der Waals surface area contributed by atoms with Crippen molar-refractivity contribution in [3.8, 4) is 0 Å². The Kier molecular flexibility index (Phi) is 6.22. The molecule has 2 aromatic carbocycles. The smallest absolute Gasteiger partial charge is 0.337 e. The van der Waals surface area contributed by atoms with Crippen molar-refractivity contribution in [3.63, 3.8) is 0 Å². The molecule has 0 aliphatic carbocycles. The number of hydrogen-bond donors (Lipinski definition) is 1. The van der Waals surface area contributed by atoms with E-state index in [1.807, 2.05) is 25.1 Å². The SMILES string of the molecule is COC(=O)c1ccc(/C=C/C(=O)NCCCn2c(C)nc3ccccc32)cc1. The predicted octanol–water partition coefficient (Wildman–Crippen LogP) is 3.35. The highest BCUT2D eigenvalue weighted by molar-refractivity contribution is 5.92. The van der Waals surface area contributed by atoms with Crippen LogP contribution >= 0.6 is 0 Å². The number of nitrogens with zero attached hydrogens (tertiary/aromatic N) is 2. The number of aryl methyl sites for hydroxylation is 2. The normalized spacial score (nSPS) is 11.1. The van der Waals surface area contributed by atoms with Gasteiger partial charge in [0.05, 0.1) is 23.7 Å². The number of ether oxygens (including phenoxy) is 1. The molecule has 0 radical (unpaired) electrons. The molecule has 6 nitrogen and oxygen atoms in total. The molecule has 0 spiro atoms. The van der Waals surface area contributed by atoms with Gasteiger partial charge in [-0.3, -0.25) is 4.79 Å². The molecule has 144 valence electrons. The van der Waals surface area contributed by atoms with E-state index in [0.717, 1.165) is 35.4 Å². The van der Waals surface area contributed by atoms with Crippen molar-refractivity contribution >= 4 is 29.0 Å². The molecule has 1 aromatic heterocycles. The van der Waals surface area contributed by atoms with E-state index < -0.39 is 0 Å². The van der Waals surface area contributed by atoms with Crippen molar-refractivity contribution in [2.24, 2.45) is 0 Å². The van der Waals surface area contributed by atoms with E-state index in [4.69, 9.17) is 0 Å². The topological polar surface area (TPSA) is 73.2 Å². The van der Waals surface area contributed by atoms with Gasteiger partial charge < -0.3 is 14.6 Å². The highest BCUT2D eigenvalue weighted by Gasteiger charge is 2.06. The zero-order valence-electron chi connectivity index (χ0n) is 16.0. The van der Waals surface area contributed by atoms with E-state index in [2.05, 4.69) is 25.7 Å². The molecular weight excluding hydrogens is 354 g/mol. The van der Waals surface area contributed by atoms with E-state index in [0.29, 0.717) is 12.1 Å². The Balaban J connectivity index is 1.47. The standard InChI is InChI=1S/C22H23N3O3/c1-16-24-19-6-3-4-7-20(19)25(16)15-5-14-23-21(26)13-10-17-8-11-18(12-9-17)22(27)28-2/h3-4,6-13H,5,14-15H2,1-2H3,(H,23,26)/b13-10+. The number of rotatable bonds is 7. The van der Waals surface area contributed by atoms with Crippen LogP contribution in [-0.4, -0.2) is 35.1 Å². The van der Waals surface area contributed by atoms with Crippen molar-refractivity contribution in [3.05, 3.63) is 71.6 Å². The van der Waals surface area contributed by atoms with Crippen molar-refractivity contribution < 1.29 is 14.3 Å². The summed E-state index contributed by atoms with van der Waals surface area (Å²) >= 11 is 0. The number of para-hydroxylation sites is 2. The van der Waals surface area contributed by atoms with Crippen LogP contribution < -0.4 is 5.32 Å². The molecule has 0 saturated heterocycles. The fourth-order valence-corrected chi connectivity index (χ4v) is 3.01. The summed E-state index contributed by atoms with van der Waals surface area (Å²) in [6, 6.07) is 14.9. The van der Waals surface area contributed by atoms with Gasteiger partial charge in [-0.2, -0.15) is 0 Å². The van der Waals surface area contributed by atoms with Crippen LogP contribution in [0.5, 0.6) is 0 Å². The second kappa shape index (κ2) is 8.99. The Bertz CT molecular complexity index is 1000. The molecule has 0 aliphatic heterocycles. The summed E-state index contributed by atoms with van der Waals surface area (Å²) < 4.78 is 6.83. The first-order valence-electron chi connectivity index (χ1n) is 9.14. The van der Waals surface area contributed by atoms with Crippen LogP contribution in [0.2, 0.25) is 0 Å². The van der Waals surface area contributed by atoms with E-state index >= 15 is 0 Å². The van der Waals surface area contributed by atoms with Crippen LogP contribution in [0.3, 0.4) is 0 Å². The number of benzene rings is 2. The fourth-order valence-electron chi connectivity index (χ4n) is 3.01. The monoisotopic (exact) mass is 377 g/mol. The molecule has 28 heavy (non-hydrogen) atoms. The van der Waals surface area contributed by atoms with Gasteiger partial charge in [0.1, 0.15) is 5.82 Å². The van der Waals surface area contributed by atoms with Crippen LogP contribution in [0.1, 0.15) is 28.2 Å². The first kappa shape index (κ1) is 19.4. The summed E-state index contributed by atoms with van der Waals surface area (Å²) in [7, 11) is 1.34. The molecule has 0 unspecified atom stereocenters. The maximum absolute atomic E-state index is 12.0. The van der Waals surface area contributed by atoms with Gasteiger partial charge in [-0.25, -0.2) is 9.78 Å². The maximum Gasteiger partial charge on any atom is 0.337 e. The summed E-state index contributed by atoms with van der Waals surface area (Å²) in [6.45, 7) is 3.37. The van der Waals surface area contributed by atoms with Gasteiger partial charge in [-0.05, 0) is 49.2 Å². The zero-order chi connectivity index (χ0) is 19.9. The van der Waals surface area contributed by atoms with Crippen LogP contribution in [0.15, 0.2) is 54.6 Å². The maximum atomic E-state index is 12.0. The Labute approximate surface area is 163 Å². The average Bonchev–Trinajstić information content (AvgIpc) is 3.04. The van der Waals surface area contributed by atoms with Gasteiger partial charge in [0.2, 0.25) is 5.91 Å². The third-order valence-corrected chi connectivity index (χ3v) is 4.46. The van der Waals surface area contributed by atoms with Crippen molar-refractivity contribution in [2.75, 3.05) is 13.7 Å². The summed E-state index contributed by atoms with van der Waals surface area (Å²) in [4.78, 5) is 27.9. The first-order valence-corrected chi connectivity index (χ1v) is 9.14. The molecule has 0 bridgehead atoms. The predicted molar refractivity (Wildman–Crippen MR) is 109 cm³/mol. The quantitative estimate of drug-likeness (QED) is 0.389. The van der Waals surface area contributed by atoms with Crippen LogP contribution in [0, 0.1) is 6.92 Å². The molecule has 0 saturated carbocycles. The summed E-state index contributed by atoms with van der Waals surface area (Å²) in [6.07, 6.45) is 4.02. The minimum atomic E-state index is -0.380. The van der Waals surface area contributed by atoms with Crippen LogP contribution in [0.25, 0.3) is 17.1 Å². The van der Waals surface area contributed by atoms with Gasteiger partial charge >= 0.3 is 5.97 Å². The van der Waals surface area contributed by atoms with Crippen LogP contribution in [-0.2, 0) is 16.1 Å². The average molecular weight is 377 g/mol. The van der Waals surface area contributed by atoms with Gasteiger partial charge in [0.25, 0.3) is 0 Å². The number of methoxy groups -OCH3 is 1. The first-order chi connectivity index (χ1) is 13.6. The Morgan fingerprint density at radius 3 is 2.64 bits per heavy atom. The molecule has 0 atom stereocenters. The number of carbonyl (C=O) groups is 2. The summed E-state index contributed by atoms with van der Waals surface area (Å²) in [5.74, 6) is 0.446. The number of fused-ring (bicyclic) bond motifs is 1. The van der Waals surface area contributed by atoms with Gasteiger partial charge in [0, 0.05) is 19.2 Å². The lowest BCUT2D eigenvalue weighted by molar-refractivity contribution is -0.116. The highest BCUT2D eigenvalue weighted by atomic mass is 16.5. The summed E-state index contributed by atoms with van der Waals surface area (Å²) in [5.41, 5.74) is 3.42. The second-order valence-electron chi connectivity index (χ2n) is 6.39. The lowest BCUT2D eigenvalue weighted by atomic mass is 10.1. The highest BCUT2D eigenvalue weighted by Crippen LogP contribution is 2.15. The molecule has 1 heterocycles. The Morgan fingerprint density at radius 1 is 1.14 bits per heavy atom. The molecule has 0 fully saturated rings. The molecular formula is C22H23N3O3. The van der Waals surface area contributed by atoms with Crippen molar-refractivity contribution in [1.29, 1.82) is 0 Å². The lowest BCUT2D eigenvalue weighted by Crippen LogP contribution is -2.23. The van der Waals surface area contributed by atoms with Crippen LogP contribution in [0.4, 0.5) is 0 Å². The van der Waals surface area contributed by atoms with Gasteiger partial charge in [0.15, 0.2) is 0 Å². The van der Waals surface area contributed by atoms with Crippen molar-refractivity contribution in [1.82, 2.24) is 14.9 Å². The molecule has 6 heteroatoms.